The van der Waals surface area contributed by atoms with Crippen LogP contribution >= 0.6 is 11.6 Å². The van der Waals surface area contributed by atoms with Gasteiger partial charge in [-0.2, -0.15) is 0 Å². The summed E-state index contributed by atoms with van der Waals surface area (Å²) in [5, 5.41) is 5.73. The van der Waals surface area contributed by atoms with Gasteiger partial charge >= 0.3 is 0 Å². The lowest BCUT2D eigenvalue weighted by Crippen LogP contribution is -2.20. The molecule has 2 amide bonds. The van der Waals surface area contributed by atoms with Crippen molar-refractivity contribution in [2.75, 3.05) is 10.6 Å². The molecular formula is C23H16ClN5O3. The summed E-state index contributed by atoms with van der Waals surface area (Å²) in [6.45, 7) is 0. The molecule has 4 aromatic rings. The van der Waals surface area contributed by atoms with Crippen LogP contribution in [0, 0.1) is 0 Å². The van der Waals surface area contributed by atoms with Crippen molar-refractivity contribution in [2.24, 2.45) is 0 Å². The average Bonchev–Trinajstić information content (AvgIpc) is 2.81. The zero-order valence-corrected chi connectivity index (χ0v) is 17.3. The van der Waals surface area contributed by atoms with Crippen molar-refractivity contribution in [1.29, 1.82) is 0 Å². The van der Waals surface area contributed by atoms with Crippen molar-refractivity contribution < 1.29 is 9.59 Å². The SMILES string of the molecule is O=C(Nc1ncccc1C(=O)Nc1ccc(Cl)cn1)c1ccc(-n2ccccc2=O)cc1. The van der Waals surface area contributed by atoms with Crippen LogP contribution in [0.2, 0.25) is 5.02 Å². The van der Waals surface area contributed by atoms with Crippen molar-refractivity contribution in [2.45, 2.75) is 0 Å². The molecule has 3 heterocycles. The molecular weight excluding hydrogens is 430 g/mol. The number of aromatic nitrogens is 3. The molecule has 0 bridgehead atoms. The number of hydrogen-bond donors (Lipinski definition) is 2. The van der Waals surface area contributed by atoms with Gasteiger partial charge in [0.2, 0.25) is 0 Å². The van der Waals surface area contributed by atoms with Crippen LogP contribution in [0.1, 0.15) is 20.7 Å². The van der Waals surface area contributed by atoms with Gasteiger partial charge in [0.25, 0.3) is 17.4 Å². The topological polar surface area (TPSA) is 106 Å². The summed E-state index contributed by atoms with van der Waals surface area (Å²) >= 11 is 5.81. The molecule has 0 saturated carbocycles. The molecule has 0 radical (unpaired) electrons. The van der Waals surface area contributed by atoms with E-state index in [1.54, 1.807) is 66.9 Å². The Labute approximate surface area is 187 Å². The number of rotatable bonds is 5. The third-order valence-corrected chi connectivity index (χ3v) is 4.71. The Hall–Kier alpha value is -4.30. The summed E-state index contributed by atoms with van der Waals surface area (Å²) < 4.78 is 1.47. The number of carbonyl (C=O) groups is 2. The second-order valence-corrected chi connectivity index (χ2v) is 7.06. The lowest BCUT2D eigenvalue weighted by molar-refractivity contribution is 0.102. The molecule has 9 heteroatoms. The van der Waals surface area contributed by atoms with Crippen molar-refractivity contribution in [3.8, 4) is 5.69 Å². The first-order valence-electron chi connectivity index (χ1n) is 9.49. The van der Waals surface area contributed by atoms with Gasteiger partial charge in [0.1, 0.15) is 11.6 Å². The van der Waals surface area contributed by atoms with E-state index in [-0.39, 0.29) is 16.9 Å². The lowest BCUT2D eigenvalue weighted by Gasteiger charge is -2.11. The van der Waals surface area contributed by atoms with Crippen LogP contribution in [0.4, 0.5) is 11.6 Å². The number of hydrogen-bond acceptors (Lipinski definition) is 5. The number of pyridine rings is 3. The maximum atomic E-state index is 12.7. The average molecular weight is 446 g/mol. The minimum Gasteiger partial charge on any atom is -0.306 e. The van der Waals surface area contributed by atoms with Crippen molar-refractivity contribution in [1.82, 2.24) is 14.5 Å². The van der Waals surface area contributed by atoms with E-state index in [9.17, 15) is 14.4 Å². The Morgan fingerprint density at radius 3 is 2.38 bits per heavy atom. The summed E-state index contributed by atoms with van der Waals surface area (Å²) in [7, 11) is 0. The highest BCUT2D eigenvalue weighted by Gasteiger charge is 2.16. The smallest absolute Gasteiger partial charge is 0.260 e. The number of nitrogens with one attached hydrogen (secondary N) is 2. The molecule has 0 aliphatic rings. The number of carbonyl (C=O) groups excluding carboxylic acids is 2. The van der Waals surface area contributed by atoms with Crippen LogP contribution in [0.3, 0.4) is 0 Å². The highest BCUT2D eigenvalue weighted by Crippen LogP contribution is 2.17. The van der Waals surface area contributed by atoms with E-state index in [1.807, 2.05) is 0 Å². The molecule has 2 N–H and O–H groups in total. The molecule has 0 unspecified atom stereocenters. The first-order valence-corrected chi connectivity index (χ1v) is 9.86. The minimum absolute atomic E-state index is 0.104. The molecule has 4 rings (SSSR count). The fourth-order valence-electron chi connectivity index (χ4n) is 2.92. The predicted octanol–water partition coefficient (Wildman–Crippen LogP) is 3.79. The molecule has 0 aliphatic heterocycles. The Kier molecular flexibility index (Phi) is 6.05. The third kappa shape index (κ3) is 4.71. The van der Waals surface area contributed by atoms with E-state index in [4.69, 9.17) is 11.6 Å². The van der Waals surface area contributed by atoms with Crippen LogP contribution in [-0.4, -0.2) is 26.3 Å². The Bertz CT molecular complexity index is 1330. The molecule has 0 fully saturated rings. The largest absolute Gasteiger partial charge is 0.306 e. The van der Waals surface area contributed by atoms with Crippen LogP contribution < -0.4 is 16.2 Å². The summed E-state index contributed by atoms with van der Waals surface area (Å²) in [6.07, 6.45) is 4.53. The highest BCUT2D eigenvalue weighted by molar-refractivity contribution is 6.30. The van der Waals surface area contributed by atoms with Crippen LogP contribution in [-0.2, 0) is 0 Å². The van der Waals surface area contributed by atoms with E-state index in [1.165, 1.54) is 23.0 Å². The second kappa shape index (κ2) is 9.23. The van der Waals surface area contributed by atoms with Gasteiger partial charge in [-0.05, 0) is 54.6 Å². The van der Waals surface area contributed by atoms with Gasteiger partial charge in [-0.25, -0.2) is 9.97 Å². The fraction of sp³-hybridized carbons (Fsp3) is 0. The fourth-order valence-corrected chi connectivity index (χ4v) is 3.03. The van der Waals surface area contributed by atoms with Crippen LogP contribution in [0.15, 0.2) is 90.1 Å². The maximum Gasteiger partial charge on any atom is 0.260 e. The molecule has 0 aliphatic carbocycles. The molecule has 3 aromatic heterocycles. The van der Waals surface area contributed by atoms with E-state index >= 15 is 0 Å². The normalized spacial score (nSPS) is 10.4. The van der Waals surface area contributed by atoms with Crippen LogP contribution in [0.25, 0.3) is 5.69 Å². The van der Waals surface area contributed by atoms with Crippen molar-refractivity contribution in [3.63, 3.8) is 0 Å². The first-order chi connectivity index (χ1) is 15.5. The summed E-state index contributed by atoms with van der Waals surface area (Å²) in [4.78, 5) is 45.5. The lowest BCUT2D eigenvalue weighted by atomic mass is 10.1. The van der Waals surface area contributed by atoms with Gasteiger partial charge in [-0.3, -0.25) is 19.0 Å². The highest BCUT2D eigenvalue weighted by atomic mass is 35.5. The molecule has 0 spiro atoms. The Morgan fingerprint density at radius 2 is 1.66 bits per heavy atom. The van der Waals surface area contributed by atoms with Gasteiger partial charge in [0.05, 0.1) is 10.6 Å². The first kappa shape index (κ1) is 21.0. The van der Waals surface area contributed by atoms with Gasteiger partial charge in [0, 0.05) is 35.9 Å². The monoisotopic (exact) mass is 445 g/mol. The van der Waals surface area contributed by atoms with Gasteiger partial charge in [0.15, 0.2) is 0 Å². The van der Waals surface area contributed by atoms with Crippen LogP contribution in [0.5, 0.6) is 0 Å². The van der Waals surface area contributed by atoms with Gasteiger partial charge < -0.3 is 10.6 Å². The number of nitrogens with zero attached hydrogens (tertiary/aromatic N) is 3. The van der Waals surface area contributed by atoms with E-state index in [2.05, 4.69) is 20.6 Å². The molecule has 0 saturated heterocycles. The number of anilines is 2. The standard InChI is InChI=1S/C23H16ClN5O3/c24-16-8-11-19(26-14-16)27-23(32)18-4-3-12-25-21(18)28-22(31)15-6-9-17(10-7-15)29-13-2-1-5-20(29)30/h1-14H,(H,25,28,31)(H,26,27,32). The number of amides is 2. The summed E-state index contributed by atoms with van der Waals surface area (Å²) in [5.41, 5.74) is 0.962. The van der Waals surface area contributed by atoms with E-state index in [0.29, 0.717) is 22.1 Å². The summed E-state index contributed by atoms with van der Waals surface area (Å²) in [6, 6.07) is 17.6. The van der Waals surface area contributed by atoms with Gasteiger partial charge in [-0.15, -0.1) is 0 Å². The molecule has 1 aromatic carbocycles. The number of halogens is 1. The zero-order chi connectivity index (χ0) is 22.5. The van der Waals surface area contributed by atoms with Crippen molar-refractivity contribution in [3.05, 3.63) is 112 Å². The van der Waals surface area contributed by atoms with Crippen molar-refractivity contribution >= 4 is 35.1 Å². The maximum absolute atomic E-state index is 12.7. The molecule has 158 valence electrons. The van der Waals surface area contributed by atoms with E-state index < -0.39 is 11.8 Å². The van der Waals surface area contributed by atoms with Gasteiger partial charge in [-0.1, -0.05) is 17.7 Å². The zero-order valence-electron chi connectivity index (χ0n) is 16.5. The Morgan fingerprint density at radius 1 is 0.844 bits per heavy atom. The summed E-state index contributed by atoms with van der Waals surface area (Å²) in [5.74, 6) is -0.518. The van der Waals surface area contributed by atoms with E-state index in [0.717, 1.165) is 0 Å². The Balaban J connectivity index is 1.51. The predicted molar refractivity (Wildman–Crippen MR) is 121 cm³/mol. The molecule has 0 atom stereocenters. The quantitative estimate of drug-likeness (QED) is 0.486. The minimum atomic E-state index is -0.484. The number of benzene rings is 1. The third-order valence-electron chi connectivity index (χ3n) is 4.48. The molecule has 32 heavy (non-hydrogen) atoms. The molecule has 8 nitrogen and oxygen atoms in total. The second-order valence-electron chi connectivity index (χ2n) is 6.63.